The second-order valence-corrected chi connectivity index (χ2v) is 9.29. The predicted molar refractivity (Wildman–Crippen MR) is 136 cm³/mol. The number of carboxylic acids is 2. The van der Waals surface area contributed by atoms with Crippen molar-refractivity contribution in [2.24, 2.45) is 0 Å². The first-order chi connectivity index (χ1) is 17.5. The summed E-state index contributed by atoms with van der Waals surface area (Å²) in [5, 5.41) is 20.9. The number of hydrogen-bond acceptors (Lipinski definition) is 7. The number of nitrogens with one attached hydrogen (secondary N) is 1. The zero-order valence-corrected chi connectivity index (χ0v) is 20.6. The van der Waals surface area contributed by atoms with E-state index in [9.17, 15) is 34.2 Å². The third-order valence-corrected chi connectivity index (χ3v) is 6.56. The minimum Gasteiger partial charge on any atom is -0.478 e. The molecule has 3 N–H and O–H groups in total. The van der Waals surface area contributed by atoms with E-state index in [0.717, 1.165) is 16.5 Å². The van der Waals surface area contributed by atoms with Gasteiger partial charge in [-0.15, -0.1) is 0 Å². The maximum Gasteiger partial charge on any atom is 0.335 e. The molecule has 0 unspecified atom stereocenters. The lowest BCUT2D eigenvalue weighted by molar-refractivity contribution is -0.127. The second kappa shape index (κ2) is 10.3. The van der Waals surface area contributed by atoms with E-state index in [1.807, 2.05) is 6.92 Å². The van der Waals surface area contributed by atoms with E-state index >= 15 is 0 Å². The van der Waals surface area contributed by atoms with Gasteiger partial charge >= 0.3 is 11.9 Å². The third kappa shape index (κ3) is 5.74. The van der Waals surface area contributed by atoms with Gasteiger partial charge in [0.25, 0.3) is 11.1 Å². The van der Waals surface area contributed by atoms with Gasteiger partial charge in [0, 0.05) is 22.3 Å². The lowest BCUT2D eigenvalue weighted by atomic mass is 10.0. The molecule has 10 nitrogen and oxygen atoms in total. The number of halogens is 1. The molecule has 0 bridgehead atoms. The highest BCUT2D eigenvalue weighted by molar-refractivity contribution is 8.18. The van der Waals surface area contributed by atoms with Gasteiger partial charge in [0.1, 0.15) is 18.1 Å². The van der Waals surface area contributed by atoms with Crippen molar-refractivity contribution in [3.05, 3.63) is 80.9 Å². The normalized spacial score (nSPS) is 14.3. The summed E-state index contributed by atoms with van der Waals surface area (Å²) in [6, 6.07) is 11.4. The van der Waals surface area contributed by atoms with E-state index < -0.39 is 35.5 Å². The van der Waals surface area contributed by atoms with Crippen LogP contribution in [-0.4, -0.2) is 50.6 Å². The summed E-state index contributed by atoms with van der Waals surface area (Å²) in [4.78, 5) is 61.1. The Hall–Kier alpha value is -4.35. The van der Waals surface area contributed by atoms with Gasteiger partial charge in [-0.2, -0.15) is 0 Å². The standard InChI is InChI=1S/C25H17ClN2O8S/c1-12-2-3-16(9-18(12)26)27-21(29)11-28-22(30)20(37-25(28)35)10-17-4-5-19(36-17)13-6-14(23(31)32)8-15(7-13)24(33)34/h2-10H,11H2,1H3,(H,27,29)(H,31,32)(H,33,34)/b20-10+. The Morgan fingerprint density at radius 3 is 2.32 bits per heavy atom. The maximum atomic E-state index is 12.8. The van der Waals surface area contributed by atoms with Crippen LogP contribution in [0, 0.1) is 6.92 Å². The van der Waals surface area contributed by atoms with Crippen molar-refractivity contribution in [3.8, 4) is 11.3 Å². The van der Waals surface area contributed by atoms with Gasteiger partial charge in [-0.05, 0) is 66.7 Å². The molecule has 3 amide bonds. The van der Waals surface area contributed by atoms with E-state index in [1.165, 1.54) is 30.3 Å². The highest BCUT2D eigenvalue weighted by Crippen LogP contribution is 2.33. The van der Waals surface area contributed by atoms with E-state index in [0.29, 0.717) is 22.5 Å². The van der Waals surface area contributed by atoms with Crippen molar-refractivity contribution in [1.82, 2.24) is 4.90 Å². The number of aromatic carboxylic acids is 2. The number of thioether (sulfide) groups is 1. The molecule has 2 heterocycles. The van der Waals surface area contributed by atoms with Crippen molar-refractivity contribution >= 4 is 64.1 Å². The molecular weight excluding hydrogens is 524 g/mol. The molecule has 37 heavy (non-hydrogen) atoms. The van der Waals surface area contributed by atoms with Crippen molar-refractivity contribution < 1.29 is 38.6 Å². The van der Waals surface area contributed by atoms with Gasteiger partial charge < -0.3 is 19.9 Å². The molecule has 2 aromatic carbocycles. The van der Waals surface area contributed by atoms with Crippen LogP contribution in [0.5, 0.6) is 0 Å². The predicted octanol–water partition coefficient (Wildman–Crippen LogP) is 4.98. The average Bonchev–Trinajstić information content (AvgIpc) is 3.41. The highest BCUT2D eigenvalue weighted by atomic mass is 35.5. The first kappa shape index (κ1) is 25.7. The van der Waals surface area contributed by atoms with Gasteiger partial charge in [-0.1, -0.05) is 17.7 Å². The Morgan fingerprint density at radius 2 is 1.70 bits per heavy atom. The summed E-state index contributed by atoms with van der Waals surface area (Å²) in [6.45, 7) is 1.31. The van der Waals surface area contributed by atoms with Gasteiger partial charge in [-0.3, -0.25) is 19.3 Å². The summed E-state index contributed by atoms with van der Waals surface area (Å²) in [5.74, 6) is -3.56. The topological polar surface area (TPSA) is 154 Å². The minimum absolute atomic E-state index is 0.0163. The lowest BCUT2D eigenvalue weighted by Crippen LogP contribution is -2.36. The number of carboxylic acid groups (broad SMARTS) is 2. The largest absolute Gasteiger partial charge is 0.478 e. The molecule has 1 aliphatic rings. The summed E-state index contributed by atoms with van der Waals surface area (Å²) in [7, 11) is 0. The lowest BCUT2D eigenvalue weighted by Gasteiger charge is -2.12. The molecule has 1 saturated heterocycles. The molecule has 12 heteroatoms. The molecule has 188 valence electrons. The number of carbonyl (C=O) groups excluding carboxylic acids is 3. The van der Waals surface area contributed by atoms with Crippen LogP contribution in [0.25, 0.3) is 17.4 Å². The number of nitrogens with zero attached hydrogens (tertiary/aromatic N) is 1. The fourth-order valence-electron chi connectivity index (χ4n) is 3.38. The molecule has 1 aliphatic heterocycles. The zero-order valence-electron chi connectivity index (χ0n) is 19.0. The molecule has 0 saturated carbocycles. The fraction of sp³-hybridized carbons (Fsp3) is 0.0800. The summed E-state index contributed by atoms with van der Waals surface area (Å²) in [5.41, 5.74) is 0.983. The van der Waals surface area contributed by atoms with Gasteiger partial charge in [-0.25, -0.2) is 9.59 Å². The summed E-state index contributed by atoms with van der Waals surface area (Å²) < 4.78 is 5.65. The Bertz CT molecular complexity index is 1480. The SMILES string of the molecule is Cc1ccc(NC(=O)CN2C(=O)S/C(=C/c3ccc(-c4cc(C(=O)O)cc(C(=O)O)c4)o3)C2=O)cc1Cl. The van der Waals surface area contributed by atoms with E-state index in [4.69, 9.17) is 16.0 Å². The van der Waals surface area contributed by atoms with Crippen molar-refractivity contribution in [1.29, 1.82) is 0 Å². The van der Waals surface area contributed by atoms with Crippen LogP contribution < -0.4 is 5.32 Å². The van der Waals surface area contributed by atoms with E-state index in [-0.39, 0.29) is 33.1 Å². The third-order valence-electron chi connectivity index (χ3n) is 5.24. The highest BCUT2D eigenvalue weighted by Gasteiger charge is 2.36. The molecule has 3 aromatic rings. The number of benzene rings is 2. The molecule has 1 fully saturated rings. The average molecular weight is 541 g/mol. The summed E-state index contributed by atoms with van der Waals surface area (Å²) in [6.07, 6.45) is 1.31. The molecule has 0 spiro atoms. The number of aryl methyl sites for hydroxylation is 1. The van der Waals surface area contributed by atoms with Crippen LogP contribution in [0.4, 0.5) is 10.5 Å². The van der Waals surface area contributed by atoms with Crippen molar-refractivity contribution in [2.75, 3.05) is 11.9 Å². The van der Waals surface area contributed by atoms with Gasteiger partial charge in [0.05, 0.1) is 16.0 Å². The van der Waals surface area contributed by atoms with Crippen LogP contribution in [-0.2, 0) is 9.59 Å². The van der Waals surface area contributed by atoms with Crippen molar-refractivity contribution in [2.45, 2.75) is 6.92 Å². The molecular formula is C25H17ClN2O8S. The van der Waals surface area contributed by atoms with Gasteiger partial charge in [0.15, 0.2) is 0 Å². The maximum absolute atomic E-state index is 12.8. The Labute approximate surface area is 218 Å². The van der Waals surface area contributed by atoms with E-state index in [1.54, 1.807) is 18.2 Å². The second-order valence-electron chi connectivity index (χ2n) is 7.89. The Morgan fingerprint density at radius 1 is 1.03 bits per heavy atom. The summed E-state index contributed by atoms with van der Waals surface area (Å²) >= 11 is 6.68. The molecule has 0 aliphatic carbocycles. The van der Waals surface area contributed by atoms with Crippen LogP contribution >= 0.6 is 23.4 Å². The number of carbonyl (C=O) groups is 5. The Kier molecular flexibility index (Phi) is 7.18. The number of amides is 3. The quantitative estimate of drug-likeness (QED) is 0.352. The molecule has 0 atom stereocenters. The number of imide groups is 1. The zero-order chi connectivity index (χ0) is 26.9. The Balaban J connectivity index is 1.50. The number of anilines is 1. The van der Waals surface area contributed by atoms with Gasteiger partial charge in [0.2, 0.25) is 5.91 Å². The smallest absolute Gasteiger partial charge is 0.335 e. The van der Waals surface area contributed by atoms with E-state index in [2.05, 4.69) is 5.32 Å². The monoisotopic (exact) mass is 540 g/mol. The van der Waals surface area contributed by atoms with Crippen LogP contribution in [0.1, 0.15) is 32.0 Å². The number of rotatable bonds is 7. The van der Waals surface area contributed by atoms with Crippen LogP contribution in [0.15, 0.2) is 57.9 Å². The first-order valence-electron chi connectivity index (χ1n) is 10.5. The molecule has 1 aromatic heterocycles. The first-order valence-corrected chi connectivity index (χ1v) is 11.7. The number of hydrogen-bond donors (Lipinski definition) is 3. The van der Waals surface area contributed by atoms with Crippen molar-refractivity contribution in [3.63, 3.8) is 0 Å². The van der Waals surface area contributed by atoms with Crippen LogP contribution in [0.2, 0.25) is 5.02 Å². The minimum atomic E-state index is -1.31. The molecule has 0 radical (unpaired) electrons. The number of furan rings is 1. The fourth-order valence-corrected chi connectivity index (χ4v) is 4.38. The van der Waals surface area contributed by atoms with Crippen LogP contribution in [0.3, 0.4) is 0 Å². The molecule has 4 rings (SSSR count).